The Bertz CT molecular complexity index is 312. The van der Waals surface area contributed by atoms with Gasteiger partial charge in [0.25, 0.3) is 0 Å². The lowest BCUT2D eigenvalue weighted by atomic mass is 10.2. The van der Waals surface area contributed by atoms with Crippen molar-refractivity contribution in [1.29, 1.82) is 0 Å². The zero-order valence-electron chi connectivity index (χ0n) is 7.83. The molecule has 0 unspecified atom stereocenters. The number of rotatable bonds is 4. The van der Waals surface area contributed by atoms with Crippen LogP contribution in [-0.4, -0.2) is 5.97 Å². The van der Waals surface area contributed by atoms with Crippen molar-refractivity contribution in [2.75, 3.05) is 0 Å². The molecule has 0 bridgehead atoms. The summed E-state index contributed by atoms with van der Waals surface area (Å²) in [7, 11) is 0. The average molecular weight is 259 g/mol. The van der Waals surface area contributed by atoms with Gasteiger partial charge in [-0.3, -0.25) is 4.89 Å². The molecule has 1 aromatic carbocycles. The minimum Gasteiger partial charge on any atom is -0.298 e. The molecule has 14 heavy (non-hydrogen) atoms. The zero-order valence-corrected chi connectivity index (χ0v) is 9.41. The van der Waals surface area contributed by atoms with Crippen LogP contribution in [0.25, 0.3) is 0 Å². The maximum Gasteiger partial charge on any atom is 0.342 e. The molecule has 0 atom stereocenters. The third kappa shape index (κ3) is 3.89. The Balaban J connectivity index is 2.35. The van der Waals surface area contributed by atoms with Gasteiger partial charge in [0.05, 0.1) is 0 Å². The van der Waals surface area contributed by atoms with Crippen molar-refractivity contribution in [2.24, 2.45) is 0 Å². The molecule has 0 aliphatic heterocycles. The molecule has 0 spiro atoms. The minimum atomic E-state index is -0.361. The van der Waals surface area contributed by atoms with E-state index in [0.717, 1.165) is 10.0 Å². The number of halogens is 1. The van der Waals surface area contributed by atoms with Gasteiger partial charge in [0.2, 0.25) is 0 Å². The highest BCUT2D eigenvalue weighted by Gasteiger charge is 2.00. The molecular formula is C10H11BrO3. The lowest BCUT2D eigenvalue weighted by Crippen LogP contribution is -2.03. The second-order valence-corrected chi connectivity index (χ2v) is 3.62. The first-order chi connectivity index (χ1) is 6.72. The van der Waals surface area contributed by atoms with Crippen molar-refractivity contribution in [3.05, 3.63) is 34.3 Å². The van der Waals surface area contributed by atoms with Crippen LogP contribution in [0.15, 0.2) is 28.7 Å². The summed E-state index contributed by atoms with van der Waals surface area (Å²) in [6.45, 7) is 1.98. The van der Waals surface area contributed by atoms with Crippen LogP contribution in [0.2, 0.25) is 0 Å². The van der Waals surface area contributed by atoms with E-state index >= 15 is 0 Å². The summed E-state index contributed by atoms with van der Waals surface area (Å²) in [5, 5.41) is 0. The van der Waals surface area contributed by atoms with Gasteiger partial charge in [0.1, 0.15) is 6.61 Å². The number of carbonyl (C=O) groups is 1. The second kappa shape index (κ2) is 5.78. The highest BCUT2D eigenvalue weighted by Crippen LogP contribution is 2.12. The highest BCUT2D eigenvalue weighted by molar-refractivity contribution is 9.10. The molecule has 0 radical (unpaired) electrons. The van der Waals surface area contributed by atoms with Gasteiger partial charge < -0.3 is 0 Å². The number of hydrogen-bond acceptors (Lipinski definition) is 3. The molecule has 0 aromatic heterocycles. The van der Waals surface area contributed by atoms with E-state index in [0.29, 0.717) is 6.42 Å². The van der Waals surface area contributed by atoms with Crippen LogP contribution in [-0.2, 0) is 21.2 Å². The Hall–Kier alpha value is -0.870. The smallest absolute Gasteiger partial charge is 0.298 e. The van der Waals surface area contributed by atoms with E-state index in [1.54, 1.807) is 6.92 Å². The van der Waals surface area contributed by atoms with E-state index in [2.05, 4.69) is 20.8 Å². The van der Waals surface area contributed by atoms with Crippen molar-refractivity contribution in [3.8, 4) is 0 Å². The molecule has 3 nitrogen and oxygen atoms in total. The van der Waals surface area contributed by atoms with Crippen molar-refractivity contribution in [3.63, 3.8) is 0 Å². The molecule has 0 saturated heterocycles. The van der Waals surface area contributed by atoms with E-state index in [9.17, 15) is 4.79 Å². The summed E-state index contributed by atoms with van der Waals surface area (Å²) in [6, 6.07) is 7.61. The first-order valence-corrected chi connectivity index (χ1v) is 5.08. The fraction of sp³-hybridized carbons (Fsp3) is 0.300. The standard InChI is InChI=1S/C10H11BrO3/c1-2-10(12)14-13-7-8-4-3-5-9(11)6-8/h3-6H,2,7H2,1H3. The molecule has 0 fully saturated rings. The largest absolute Gasteiger partial charge is 0.342 e. The summed E-state index contributed by atoms with van der Waals surface area (Å²) >= 11 is 3.33. The molecule has 1 rings (SSSR count). The van der Waals surface area contributed by atoms with Gasteiger partial charge in [-0.1, -0.05) is 35.0 Å². The first kappa shape index (κ1) is 11.2. The van der Waals surface area contributed by atoms with E-state index in [1.165, 1.54) is 0 Å². The van der Waals surface area contributed by atoms with Crippen LogP contribution in [0.5, 0.6) is 0 Å². The molecule has 4 heteroatoms. The summed E-state index contributed by atoms with van der Waals surface area (Å²) in [4.78, 5) is 20.0. The van der Waals surface area contributed by atoms with Crippen LogP contribution in [0.4, 0.5) is 0 Å². The number of hydrogen-bond donors (Lipinski definition) is 0. The van der Waals surface area contributed by atoms with E-state index in [-0.39, 0.29) is 12.6 Å². The van der Waals surface area contributed by atoms with Crippen molar-refractivity contribution < 1.29 is 14.6 Å². The lowest BCUT2D eigenvalue weighted by Gasteiger charge is -2.02. The summed E-state index contributed by atoms with van der Waals surface area (Å²) in [5.41, 5.74) is 0.947. The summed E-state index contributed by atoms with van der Waals surface area (Å²) < 4.78 is 0.973. The van der Waals surface area contributed by atoms with Gasteiger partial charge in [-0.2, -0.15) is 4.89 Å². The van der Waals surface area contributed by atoms with E-state index in [1.807, 2.05) is 24.3 Å². The minimum absolute atomic E-state index is 0.269. The maximum absolute atomic E-state index is 10.7. The Morgan fingerprint density at radius 2 is 2.29 bits per heavy atom. The highest BCUT2D eigenvalue weighted by atomic mass is 79.9. The quantitative estimate of drug-likeness (QED) is 0.616. The fourth-order valence-corrected chi connectivity index (χ4v) is 1.30. The molecule has 0 saturated carbocycles. The summed E-state index contributed by atoms with van der Waals surface area (Å²) in [5.74, 6) is -0.361. The van der Waals surface area contributed by atoms with Gasteiger partial charge >= 0.3 is 5.97 Å². The van der Waals surface area contributed by atoms with Crippen LogP contribution >= 0.6 is 15.9 Å². The molecule has 0 N–H and O–H groups in total. The van der Waals surface area contributed by atoms with E-state index < -0.39 is 0 Å². The van der Waals surface area contributed by atoms with Gasteiger partial charge in [-0.25, -0.2) is 4.79 Å². The SMILES string of the molecule is CCC(=O)OOCc1cccc(Br)c1. The lowest BCUT2D eigenvalue weighted by molar-refractivity contribution is -0.279. The molecule has 0 heterocycles. The van der Waals surface area contributed by atoms with Gasteiger partial charge in [-0.05, 0) is 17.7 Å². The van der Waals surface area contributed by atoms with Gasteiger partial charge in [0.15, 0.2) is 0 Å². The Morgan fingerprint density at radius 1 is 1.50 bits per heavy atom. The van der Waals surface area contributed by atoms with Crippen molar-refractivity contribution in [1.82, 2.24) is 0 Å². The van der Waals surface area contributed by atoms with Gasteiger partial charge in [-0.15, -0.1) is 0 Å². The molecule has 0 amide bonds. The first-order valence-electron chi connectivity index (χ1n) is 4.29. The molecule has 1 aromatic rings. The predicted molar refractivity (Wildman–Crippen MR) is 55.3 cm³/mol. The maximum atomic E-state index is 10.7. The molecule has 0 aliphatic carbocycles. The summed E-state index contributed by atoms with van der Waals surface area (Å²) in [6.07, 6.45) is 0.318. The Morgan fingerprint density at radius 3 is 2.93 bits per heavy atom. The van der Waals surface area contributed by atoms with Crippen molar-refractivity contribution in [2.45, 2.75) is 20.0 Å². The van der Waals surface area contributed by atoms with Crippen LogP contribution in [0.1, 0.15) is 18.9 Å². The third-order valence-electron chi connectivity index (χ3n) is 1.56. The average Bonchev–Trinajstić information content (AvgIpc) is 2.17. The van der Waals surface area contributed by atoms with Crippen LogP contribution in [0, 0.1) is 0 Å². The Kier molecular flexibility index (Phi) is 4.62. The predicted octanol–water partition coefficient (Wildman–Crippen LogP) is 2.83. The van der Waals surface area contributed by atoms with Crippen molar-refractivity contribution >= 4 is 21.9 Å². The third-order valence-corrected chi connectivity index (χ3v) is 2.05. The number of carbonyl (C=O) groups excluding carboxylic acids is 1. The van der Waals surface area contributed by atoms with Crippen LogP contribution in [0.3, 0.4) is 0 Å². The topological polar surface area (TPSA) is 35.5 Å². The normalized spacial score (nSPS) is 9.86. The van der Waals surface area contributed by atoms with E-state index in [4.69, 9.17) is 4.89 Å². The number of benzene rings is 1. The second-order valence-electron chi connectivity index (χ2n) is 2.70. The monoisotopic (exact) mass is 258 g/mol. The van der Waals surface area contributed by atoms with Gasteiger partial charge in [0, 0.05) is 10.9 Å². The Labute approximate surface area is 91.1 Å². The zero-order chi connectivity index (χ0) is 10.4. The molecular weight excluding hydrogens is 248 g/mol. The van der Waals surface area contributed by atoms with Crippen LogP contribution < -0.4 is 0 Å². The fourth-order valence-electron chi connectivity index (χ4n) is 0.849. The molecule has 0 aliphatic rings. The molecule has 76 valence electrons.